The maximum absolute atomic E-state index is 17.4. The van der Waals surface area contributed by atoms with Crippen LogP contribution in [-0.2, 0) is 4.74 Å². The largest absolute Gasteiger partial charge is 0.465 e. The second kappa shape index (κ2) is 12.7. The summed E-state index contributed by atoms with van der Waals surface area (Å²) in [5.41, 5.74) is -0.774. The van der Waals surface area contributed by atoms with Crippen LogP contribution in [0.25, 0.3) is 32.9 Å². The second-order valence-corrected chi connectivity index (χ2v) is 16.1. The number of aromatic nitrogens is 3. The fourth-order valence-electron chi connectivity index (χ4n) is 9.55. The third-order valence-corrected chi connectivity index (χ3v) is 11.9. The molecule has 1 amide bonds. The lowest BCUT2D eigenvalue weighted by molar-refractivity contribution is -0.0371. The van der Waals surface area contributed by atoms with E-state index in [9.17, 15) is 4.79 Å². The highest BCUT2D eigenvalue weighted by molar-refractivity contribution is 6.03. The number of halogens is 4. The Bertz CT molecular complexity index is 2330. The molecule has 0 N–H and O–H groups in total. The Hall–Kier alpha value is -5.16. The summed E-state index contributed by atoms with van der Waals surface area (Å²) in [7, 11) is 0. The van der Waals surface area contributed by atoms with Gasteiger partial charge < -0.3 is 19.1 Å². The molecular weight excluding hydrogens is 716 g/mol. The maximum atomic E-state index is 17.4. The predicted octanol–water partition coefficient (Wildman–Crippen LogP) is 7.26. The predicted molar refractivity (Wildman–Crippen MR) is 197 cm³/mol. The third kappa shape index (κ3) is 5.48. The molecule has 7 heterocycles. The van der Waals surface area contributed by atoms with Crippen LogP contribution in [0.3, 0.4) is 0 Å². The lowest BCUT2D eigenvalue weighted by Crippen LogP contribution is -2.67. The molecule has 0 aliphatic carbocycles. The molecule has 4 aromatic rings. The number of fused-ring (bicyclic) bond motifs is 7. The third-order valence-electron chi connectivity index (χ3n) is 11.9. The average Bonchev–Trinajstić information content (AvgIpc) is 3.77. The molecule has 4 saturated heterocycles. The van der Waals surface area contributed by atoms with E-state index < -0.39 is 59.5 Å². The van der Waals surface area contributed by atoms with Gasteiger partial charge in [0.25, 0.3) is 6.43 Å². The summed E-state index contributed by atoms with van der Waals surface area (Å²) in [6.45, 7) is 11.6. The van der Waals surface area contributed by atoms with Crippen LogP contribution in [0.4, 0.5) is 28.2 Å². The zero-order valence-corrected chi connectivity index (χ0v) is 30.8. The first-order valence-electron chi connectivity index (χ1n) is 18.7. The highest BCUT2D eigenvalue weighted by Gasteiger charge is 2.57. The number of ether oxygens (including phenoxy) is 3. The quantitative estimate of drug-likeness (QED) is 0.119. The summed E-state index contributed by atoms with van der Waals surface area (Å²) in [4.78, 5) is 33.2. The van der Waals surface area contributed by atoms with Crippen LogP contribution in [0.5, 0.6) is 11.9 Å². The van der Waals surface area contributed by atoms with E-state index in [2.05, 4.69) is 27.4 Å². The highest BCUT2D eigenvalue weighted by Crippen LogP contribution is 2.49. The van der Waals surface area contributed by atoms with Gasteiger partial charge in [0.05, 0.1) is 29.2 Å². The van der Waals surface area contributed by atoms with Crippen molar-refractivity contribution in [2.24, 2.45) is 0 Å². The van der Waals surface area contributed by atoms with Gasteiger partial charge in [-0.05, 0) is 70.9 Å². The fraction of sp³-hybridized carbons (Fsp3) is 0.463. The van der Waals surface area contributed by atoms with Crippen molar-refractivity contribution >= 4 is 33.6 Å². The molecule has 9 rings (SSSR count). The average molecular weight is 757 g/mol. The second-order valence-electron chi connectivity index (χ2n) is 16.1. The molecule has 14 heteroatoms. The van der Waals surface area contributed by atoms with E-state index in [1.807, 2.05) is 0 Å². The number of piperazine rings is 1. The molecule has 4 fully saturated rings. The number of hydrogen-bond donors (Lipinski definition) is 0. The minimum Gasteiger partial charge on any atom is -0.465 e. The first-order chi connectivity index (χ1) is 26.3. The van der Waals surface area contributed by atoms with Crippen molar-refractivity contribution in [1.29, 1.82) is 0 Å². The standard InChI is InChI=1S/C41H40F4N6O4/c1-6-24-26(42)13-11-22-9-7-10-25(28(22)24)31-30(43)32-29-36(48-38(47-32)53-20-41-16-8-17-49(41)18-15-21(41)2)50-19-23-12-14-27(51(23)39(52)55-40(3,4)5)33(50)34(35(44)45)54-37(29)46-31/h1,7,9-11,13,23,27,33-35H,2,8,12,14-20H2,3-5H3/t23-,27+,33+,34-,41+/m1/s1. The topological polar surface area (TPSA) is 93.2 Å². The number of nitrogens with zero attached hydrogens (tertiary/aromatic N) is 6. The Balaban J connectivity index is 1.25. The molecule has 10 nitrogen and oxygen atoms in total. The van der Waals surface area contributed by atoms with Crippen molar-refractivity contribution in [2.75, 3.05) is 31.1 Å². The Morgan fingerprint density at radius 3 is 2.71 bits per heavy atom. The minimum atomic E-state index is -3.06. The summed E-state index contributed by atoms with van der Waals surface area (Å²) >= 11 is 0. The molecule has 2 aromatic carbocycles. The smallest absolute Gasteiger partial charge is 0.410 e. The van der Waals surface area contributed by atoms with Gasteiger partial charge >= 0.3 is 12.1 Å². The van der Waals surface area contributed by atoms with Crippen LogP contribution in [0, 0.1) is 24.0 Å². The van der Waals surface area contributed by atoms with E-state index in [4.69, 9.17) is 25.6 Å². The molecule has 0 spiro atoms. The van der Waals surface area contributed by atoms with Gasteiger partial charge in [-0.3, -0.25) is 9.80 Å². The first kappa shape index (κ1) is 35.5. The summed E-state index contributed by atoms with van der Waals surface area (Å²) in [5.74, 6) is 0.559. The van der Waals surface area contributed by atoms with Crippen LogP contribution in [-0.4, -0.2) is 98.9 Å². The SMILES string of the molecule is C#Cc1c(F)ccc2cccc(-c3nc4c5c(nc(OC[C@]67CCCN6CCC7=C)nc5c3F)N3C[C@H]5CC[C@@H]([C@H]3[C@H](C(F)F)O4)N5C(=O)OC(C)(C)C)c12. The molecule has 2 bridgehead atoms. The number of anilines is 1. The lowest BCUT2D eigenvalue weighted by Gasteiger charge is -2.48. The van der Waals surface area contributed by atoms with E-state index in [0.717, 1.165) is 37.9 Å². The van der Waals surface area contributed by atoms with E-state index in [0.29, 0.717) is 18.2 Å². The van der Waals surface area contributed by atoms with Gasteiger partial charge in [0.15, 0.2) is 11.9 Å². The summed E-state index contributed by atoms with van der Waals surface area (Å²) in [6.07, 6.45) is 3.80. The molecule has 5 aliphatic heterocycles. The monoisotopic (exact) mass is 756 g/mol. The fourth-order valence-corrected chi connectivity index (χ4v) is 9.55. The molecule has 0 saturated carbocycles. The Labute approximate surface area is 315 Å². The van der Waals surface area contributed by atoms with Crippen molar-refractivity contribution in [3.8, 4) is 35.5 Å². The van der Waals surface area contributed by atoms with E-state index in [-0.39, 0.29) is 64.0 Å². The number of carbonyl (C=O) groups is 1. The van der Waals surface area contributed by atoms with Crippen LogP contribution in [0.1, 0.15) is 58.4 Å². The zero-order chi connectivity index (χ0) is 38.6. The van der Waals surface area contributed by atoms with Crippen molar-refractivity contribution in [3.63, 3.8) is 0 Å². The van der Waals surface area contributed by atoms with Crippen molar-refractivity contribution in [3.05, 3.63) is 59.7 Å². The molecule has 5 aliphatic rings. The number of terminal acetylenes is 1. The van der Waals surface area contributed by atoms with E-state index in [1.165, 1.54) is 18.2 Å². The molecule has 286 valence electrons. The van der Waals surface area contributed by atoms with Crippen LogP contribution < -0.4 is 14.4 Å². The van der Waals surface area contributed by atoms with Gasteiger partial charge in [0.2, 0.25) is 5.88 Å². The number of amides is 1. The van der Waals surface area contributed by atoms with Crippen molar-refractivity contribution < 1.29 is 36.6 Å². The van der Waals surface area contributed by atoms with Gasteiger partial charge in [-0.1, -0.05) is 42.3 Å². The number of rotatable bonds is 5. The zero-order valence-electron chi connectivity index (χ0n) is 30.8. The van der Waals surface area contributed by atoms with Crippen LogP contribution >= 0.6 is 0 Å². The van der Waals surface area contributed by atoms with Gasteiger partial charge in [0, 0.05) is 24.0 Å². The van der Waals surface area contributed by atoms with Crippen LogP contribution in [0.15, 0.2) is 42.5 Å². The Morgan fingerprint density at radius 2 is 1.95 bits per heavy atom. The van der Waals surface area contributed by atoms with Gasteiger partial charge in [-0.25, -0.2) is 27.3 Å². The van der Waals surface area contributed by atoms with Crippen molar-refractivity contribution in [1.82, 2.24) is 24.8 Å². The molecule has 0 unspecified atom stereocenters. The number of carbonyl (C=O) groups excluding carboxylic acids is 1. The number of pyridine rings is 1. The lowest BCUT2D eigenvalue weighted by atomic mass is 9.91. The number of alkyl halides is 2. The minimum absolute atomic E-state index is 0.0126. The molecule has 55 heavy (non-hydrogen) atoms. The van der Waals surface area contributed by atoms with Crippen molar-refractivity contribution in [2.45, 2.75) is 94.7 Å². The van der Waals surface area contributed by atoms with Gasteiger partial charge in [-0.2, -0.15) is 9.97 Å². The molecule has 0 radical (unpaired) electrons. The summed E-state index contributed by atoms with van der Waals surface area (Å²) in [6, 6.07) is 5.17. The van der Waals surface area contributed by atoms with E-state index in [1.54, 1.807) is 42.7 Å². The maximum Gasteiger partial charge on any atom is 0.410 e. The molecular formula is C41H40F4N6O4. The highest BCUT2D eigenvalue weighted by atomic mass is 19.3. The normalized spacial score (nSPS) is 25.9. The van der Waals surface area contributed by atoms with E-state index >= 15 is 17.6 Å². The molecule has 5 atom stereocenters. The van der Waals surface area contributed by atoms with Gasteiger partial charge in [-0.15, -0.1) is 6.42 Å². The first-order valence-corrected chi connectivity index (χ1v) is 18.7. The Morgan fingerprint density at radius 1 is 1.13 bits per heavy atom. The summed E-state index contributed by atoms with van der Waals surface area (Å²) < 4.78 is 81.8. The Kier molecular flexibility index (Phi) is 8.20. The van der Waals surface area contributed by atoms with Gasteiger partial charge in [0.1, 0.15) is 40.4 Å². The molecule has 2 aromatic heterocycles. The summed E-state index contributed by atoms with van der Waals surface area (Å²) in [5, 5.41) is 0.724. The van der Waals surface area contributed by atoms with Crippen LogP contribution in [0.2, 0.25) is 0 Å². The number of benzene rings is 2. The number of hydrogen-bond acceptors (Lipinski definition) is 9.